The van der Waals surface area contributed by atoms with Gasteiger partial charge in [0.15, 0.2) is 11.5 Å². The van der Waals surface area contributed by atoms with Gasteiger partial charge in [-0.3, -0.25) is 14.5 Å². The summed E-state index contributed by atoms with van der Waals surface area (Å²) in [7, 11) is 1.97. The number of alkyl halides is 3. The molecule has 2 amide bonds. The molecule has 12 heteroatoms. The number of amides is 2. The van der Waals surface area contributed by atoms with Crippen LogP contribution >= 0.6 is 0 Å². The second-order valence-corrected chi connectivity index (χ2v) is 10.8. The Morgan fingerprint density at radius 2 is 1.90 bits per heavy atom. The first-order valence-electron chi connectivity index (χ1n) is 13.6. The first kappa shape index (κ1) is 30.4. The number of benzene rings is 2. The molecule has 0 bridgehead atoms. The van der Waals surface area contributed by atoms with Crippen molar-refractivity contribution in [3.8, 4) is 17.2 Å². The van der Waals surface area contributed by atoms with Crippen LogP contribution in [0.1, 0.15) is 37.8 Å². The lowest BCUT2D eigenvalue weighted by Crippen LogP contribution is -2.47. The van der Waals surface area contributed by atoms with Crippen LogP contribution in [0.25, 0.3) is 0 Å². The first-order chi connectivity index (χ1) is 19.4. The van der Waals surface area contributed by atoms with Crippen LogP contribution in [0.2, 0.25) is 0 Å². The number of nitrogens with one attached hydrogen (secondary N) is 1. The molecule has 0 spiro atoms. The molecule has 0 aromatic heterocycles. The van der Waals surface area contributed by atoms with E-state index < -0.39 is 31.0 Å². The van der Waals surface area contributed by atoms with Crippen molar-refractivity contribution >= 4 is 17.5 Å². The third kappa shape index (κ3) is 8.26. The van der Waals surface area contributed by atoms with Gasteiger partial charge < -0.3 is 29.5 Å². The molecule has 2 aromatic rings. The highest BCUT2D eigenvalue weighted by Gasteiger charge is 2.32. The van der Waals surface area contributed by atoms with Crippen molar-refractivity contribution in [1.29, 1.82) is 0 Å². The van der Waals surface area contributed by atoms with Gasteiger partial charge in [-0.05, 0) is 49.9 Å². The first-order valence-corrected chi connectivity index (χ1v) is 13.6. The Hall–Kier alpha value is -3.51. The lowest BCUT2D eigenvalue weighted by molar-refractivity contribution is -0.142. The number of ether oxygens (including phenoxy) is 3. The lowest BCUT2D eigenvalue weighted by atomic mass is 10.0. The molecule has 0 aliphatic carbocycles. The third-order valence-corrected chi connectivity index (χ3v) is 7.22. The summed E-state index contributed by atoms with van der Waals surface area (Å²) < 4.78 is 55.0. The van der Waals surface area contributed by atoms with E-state index in [0.29, 0.717) is 42.4 Å². The maximum absolute atomic E-state index is 13.4. The Bertz CT molecular complexity index is 1240. The van der Waals surface area contributed by atoms with E-state index in [9.17, 15) is 27.9 Å². The average molecular weight is 580 g/mol. The summed E-state index contributed by atoms with van der Waals surface area (Å²) in [4.78, 5) is 29.2. The lowest BCUT2D eigenvalue weighted by Gasteiger charge is -2.34. The van der Waals surface area contributed by atoms with Gasteiger partial charge in [-0.1, -0.05) is 13.0 Å². The van der Waals surface area contributed by atoms with Gasteiger partial charge in [0.2, 0.25) is 18.6 Å². The van der Waals surface area contributed by atoms with Crippen LogP contribution in [0.5, 0.6) is 17.2 Å². The molecule has 41 heavy (non-hydrogen) atoms. The van der Waals surface area contributed by atoms with Crippen LogP contribution in [0.3, 0.4) is 0 Å². The van der Waals surface area contributed by atoms with Gasteiger partial charge in [0.25, 0.3) is 0 Å². The molecule has 3 atom stereocenters. The number of carbonyl (C=O) groups is 2. The molecule has 0 unspecified atom stereocenters. The highest BCUT2D eigenvalue weighted by Crippen LogP contribution is 2.33. The van der Waals surface area contributed by atoms with Crippen LogP contribution in [0, 0.1) is 5.92 Å². The fourth-order valence-corrected chi connectivity index (χ4v) is 4.93. The molecule has 2 N–H and O–H groups in total. The number of anilines is 1. The Morgan fingerprint density at radius 3 is 2.63 bits per heavy atom. The summed E-state index contributed by atoms with van der Waals surface area (Å²) in [6.45, 7) is 5.22. The molecule has 9 nitrogen and oxygen atoms in total. The third-order valence-electron chi connectivity index (χ3n) is 7.22. The standard InChI is InChI=1S/C29H36F3N3O6/c1-18-13-35(19(2)16-36)28(38)12-21-11-22(33-27(37)8-9-29(30,31)32)5-7-23(21)41-26(18)15-34(3)14-20-4-6-24-25(10-20)40-17-39-24/h4-7,10-11,18-19,26,36H,8-9,12-17H2,1-3H3,(H,33,37)/t18-,19+,26+/m1/s1. The van der Waals surface area contributed by atoms with Crippen molar-refractivity contribution in [2.45, 2.75) is 58.0 Å². The molecule has 0 radical (unpaired) electrons. The van der Waals surface area contributed by atoms with E-state index in [-0.39, 0.29) is 43.4 Å². The van der Waals surface area contributed by atoms with E-state index >= 15 is 0 Å². The number of rotatable bonds is 9. The molecule has 0 saturated heterocycles. The van der Waals surface area contributed by atoms with Gasteiger partial charge >= 0.3 is 6.18 Å². The quantitative estimate of drug-likeness (QED) is 0.464. The van der Waals surface area contributed by atoms with E-state index in [2.05, 4.69) is 10.2 Å². The second-order valence-electron chi connectivity index (χ2n) is 10.8. The van der Waals surface area contributed by atoms with Crippen molar-refractivity contribution in [3.05, 3.63) is 47.5 Å². The van der Waals surface area contributed by atoms with Crippen molar-refractivity contribution in [3.63, 3.8) is 0 Å². The Kier molecular flexibility index (Phi) is 9.64. The van der Waals surface area contributed by atoms with Gasteiger partial charge in [-0.15, -0.1) is 0 Å². The van der Waals surface area contributed by atoms with Gasteiger partial charge in [0.05, 0.1) is 25.5 Å². The van der Waals surface area contributed by atoms with E-state index in [1.165, 1.54) is 0 Å². The zero-order valence-corrected chi connectivity index (χ0v) is 23.4. The maximum Gasteiger partial charge on any atom is 0.389 e. The summed E-state index contributed by atoms with van der Waals surface area (Å²) in [6, 6.07) is 10.1. The number of halogens is 3. The molecule has 0 fully saturated rings. The summed E-state index contributed by atoms with van der Waals surface area (Å²) in [5.74, 6) is 0.756. The smallest absolute Gasteiger partial charge is 0.389 e. The maximum atomic E-state index is 13.4. The normalized spacial score (nSPS) is 19.6. The molecule has 0 saturated carbocycles. The molecule has 2 heterocycles. The van der Waals surface area contributed by atoms with Crippen LogP contribution in [-0.4, -0.2) is 78.6 Å². The van der Waals surface area contributed by atoms with Crippen molar-refractivity contribution in [1.82, 2.24) is 9.80 Å². The number of carbonyl (C=O) groups excluding carboxylic acids is 2. The van der Waals surface area contributed by atoms with Crippen LogP contribution in [0.15, 0.2) is 36.4 Å². The van der Waals surface area contributed by atoms with Crippen LogP contribution in [-0.2, 0) is 22.6 Å². The Labute approximate surface area is 237 Å². The fourth-order valence-electron chi connectivity index (χ4n) is 4.93. The van der Waals surface area contributed by atoms with Gasteiger partial charge in [0, 0.05) is 43.2 Å². The minimum absolute atomic E-state index is 0.0571. The molecular formula is C29H36F3N3O6. The Balaban J connectivity index is 1.54. The predicted octanol–water partition coefficient (Wildman–Crippen LogP) is 3.98. The van der Waals surface area contributed by atoms with Crippen molar-refractivity contribution in [2.75, 3.05) is 38.9 Å². The number of aliphatic hydroxyl groups excluding tert-OH is 1. The zero-order chi connectivity index (χ0) is 29.7. The fraction of sp³-hybridized carbons (Fsp3) is 0.517. The zero-order valence-electron chi connectivity index (χ0n) is 23.4. The highest BCUT2D eigenvalue weighted by molar-refractivity contribution is 5.91. The van der Waals surface area contributed by atoms with Gasteiger partial charge in [-0.2, -0.15) is 13.2 Å². The van der Waals surface area contributed by atoms with E-state index in [1.54, 1.807) is 30.0 Å². The largest absolute Gasteiger partial charge is 0.488 e. The molecule has 2 aliphatic heterocycles. The number of fused-ring (bicyclic) bond motifs is 2. The Morgan fingerprint density at radius 1 is 1.17 bits per heavy atom. The van der Waals surface area contributed by atoms with Gasteiger partial charge in [0.1, 0.15) is 11.9 Å². The van der Waals surface area contributed by atoms with Gasteiger partial charge in [-0.25, -0.2) is 0 Å². The topological polar surface area (TPSA) is 101 Å². The summed E-state index contributed by atoms with van der Waals surface area (Å²) >= 11 is 0. The average Bonchev–Trinajstić information content (AvgIpc) is 3.39. The van der Waals surface area contributed by atoms with E-state index in [1.807, 2.05) is 32.2 Å². The monoisotopic (exact) mass is 579 g/mol. The predicted molar refractivity (Wildman–Crippen MR) is 145 cm³/mol. The number of hydrogen-bond donors (Lipinski definition) is 2. The van der Waals surface area contributed by atoms with Crippen molar-refractivity contribution in [2.24, 2.45) is 5.92 Å². The highest BCUT2D eigenvalue weighted by atomic mass is 19.4. The van der Waals surface area contributed by atoms with Crippen molar-refractivity contribution < 1.29 is 42.1 Å². The number of likely N-dealkylation sites (N-methyl/N-ethyl adjacent to an activating group) is 1. The van der Waals surface area contributed by atoms with E-state index in [0.717, 1.165) is 5.56 Å². The molecule has 2 aliphatic rings. The molecule has 2 aromatic carbocycles. The molecule has 224 valence electrons. The van der Waals surface area contributed by atoms with Crippen LogP contribution < -0.4 is 19.5 Å². The minimum atomic E-state index is -4.43. The second kappa shape index (κ2) is 13.0. The van der Waals surface area contributed by atoms with E-state index in [4.69, 9.17) is 14.2 Å². The SMILES string of the molecule is C[C@@H]1CN([C@@H](C)CO)C(=O)Cc2cc(NC(=O)CCC(F)(F)F)ccc2O[C@H]1CN(C)Cc1ccc2c(c1)OCO2. The summed E-state index contributed by atoms with van der Waals surface area (Å²) in [5.41, 5.74) is 1.80. The summed E-state index contributed by atoms with van der Waals surface area (Å²) in [5, 5.41) is 12.3. The molecule has 4 rings (SSSR count). The number of hydrogen-bond acceptors (Lipinski definition) is 7. The number of nitrogens with zero attached hydrogens (tertiary/aromatic N) is 2. The minimum Gasteiger partial charge on any atom is -0.488 e. The number of aliphatic hydroxyl groups is 1. The summed E-state index contributed by atoms with van der Waals surface area (Å²) in [6.07, 6.45) is -6.76. The molecular weight excluding hydrogens is 543 g/mol. The van der Waals surface area contributed by atoms with Crippen LogP contribution in [0.4, 0.5) is 18.9 Å².